The van der Waals surface area contributed by atoms with Gasteiger partial charge in [0.2, 0.25) is 0 Å². The minimum atomic E-state index is -4.41. The molecule has 0 aliphatic carbocycles. The van der Waals surface area contributed by atoms with E-state index in [0.717, 1.165) is 161 Å². The Morgan fingerprint density at radius 2 is 0.519 bits per heavy atom. The summed E-state index contributed by atoms with van der Waals surface area (Å²) in [4.78, 5) is 36.0. The number of nitrogens with zero attached hydrogens (tertiary/aromatic N) is 1. The number of hydrogen-bond acceptors (Lipinski definition) is 7. The molecule has 0 rings (SSSR count). The lowest BCUT2D eigenvalue weighted by Gasteiger charge is -2.24. The first-order chi connectivity index (χ1) is 51.0. The fourth-order valence-corrected chi connectivity index (χ4v) is 11.5. The Labute approximate surface area is 639 Å². The third-order valence-electron chi connectivity index (χ3n) is 17.0. The van der Waals surface area contributed by atoms with E-state index in [1.54, 1.807) is 0 Å². The van der Waals surface area contributed by atoms with Crippen LogP contribution in [0.1, 0.15) is 309 Å². The second-order valence-electron chi connectivity index (χ2n) is 28.0. The molecule has 0 aromatic rings. The summed E-state index contributed by atoms with van der Waals surface area (Å²) in [5.41, 5.74) is 0. The topological polar surface area (TPSA) is 108 Å². The Bertz CT molecular complexity index is 2570. The predicted molar refractivity (Wildman–Crippen MR) is 454 cm³/mol. The zero-order chi connectivity index (χ0) is 75.4. The molecule has 0 fully saturated rings. The first-order valence-electron chi connectivity index (χ1n) is 41.5. The van der Waals surface area contributed by atoms with Crippen molar-refractivity contribution in [1.82, 2.24) is 0 Å². The highest BCUT2D eigenvalue weighted by molar-refractivity contribution is 7.47. The molecule has 104 heavy (non-hydrogen) atoms. The van der Waals surface area contributed by atoms with E-state index < -0.39 is 26.5 Å². The van der Waals surface area contributed by atoms with Gasteiger partial charge in [-0.2, -0.15) is 0 Å². The number of esters is 2. The van der Waals surface area contributed by atoms with E-state index in [4.69, 9.17) is 18.5 Å². The first-order valence-corrected chi connectivity index (χ1v) is 43.0. The smallest absolute Gasteiger partial charge is 0.462 e. The van der Waals surface area contributed by atoms with Crippen LogP contribution in [-0.4, -0.2) is 74.9 Å². The van der Waals surface area contributed by atoms with Crippen molar-refractivity contribution in [1.29, 1.82) is 0 Å². The molecule has 0 amide bonds. The molecule has 0 spiro atoms. The number of likely N-dealkylation sites (N-methyl/N-ethyl adjacent to an activating group) is 1. The maximum Gasteiger partial charge on any atom is 0.472 e. The highest BCUT2D eigenvalue weighted by Crippen LogP contribution is 2.43. The third kappa shape index (κ3) is 85.3. The second-order valence-corrected chi connectivity index (χ2v) is 29.5. The predicted octanol–water partition coefficient (Wildman–Crippen LogP) is 28.3. The summed E-state index contributed by atoms with van der Waals surface area (Å²) in [6.45, 7) is 4.19. The average molecular weight is 1460 g/mol. The fourth-order valence-electron chi connectivity index (χ4n) is 10.8. The summed E-state index contributed by atoms with van der Waals surface area (Å²) in [7, 11) is 1.45. The van der Waals surface area contributed by atoms with Crippen LogP contribution in [0.2, 0.25) is 0 Å². The van der Waals surface area contributed by atoms with Gasteiger partial charge in [-0.1, -0.05) is 361 Å². The van der Waals surface area contributed by atoms with Gasteiger partial charge in [0.1, 0.15) is 19.8 Å². The van der Waals surface area contributed by atoms with E-state index in [1.807, 2.05) is 21.1 Å². The Kier molecular flexibility index (Phi) is 77.0. The lowest BCUT2D eigenvalue weighted by molar-refractivity contribution is -0.870. The summed E-state index contributed by atoms with van der Waals surface area (Å²) in [6.07, 6.45) is 129. The fraction of sp³-hybridized carbons (Fsp3) is 0.596. The monoisotopic (exact) mass is 1460 g/mol. The maximum atomic E-state index is 12.9. The molecule has 0 aliphatic heterocycles. The largest absolute Gasteiger partial charge is 0.472 e. The molecule has 0 aromatic heterocycles. The molecule has 0 bridgehead atoms. The Morgan fingerprint density at radius 1 is 0.298 bits per heavy atom. The Morgan fingerprint density at radius 3 is 0.769 bits per heavy atom. The third-order valence-corrected chi connectivity index (χ3v) is 18.0. The van der Waals surface area contributed by atoms with E-state index in [0.29, 0.717) is 17.4 Å². The van der Waals surface area contributed by atoms with Gasteiger partial charge in [0, 0.05) is 12.8 Å². The second kappa shape index (κ2) is 81.4. The molecule has 10 heteroatoms. The molecule has 586 valence electrons. The van der Waals surface area contributed by atoms with Crippen LogP contribution in [-0.2, 0) is 32.7 Å². The molecular formula is C94H153NO8P+. The number of ether oxygens (including phenoxy) is 2. The Hall–Kier alpha value is -5.67. The van der Waals surface area contributed by atoms with Crippen molar-refractivity contribution >= 4 is 19.8 Å². The van der Waals surface area contributed by atoms with Gasteiger partial charge < -0.3 is 18.9 Å². The van der Waals surface area contributed by atoms with Gasteiger partial charge in [-0.05, 0) is 154 Å². The van der Waals surface area contributed by atoms with Crippen LogP contribution in [0.4, 0.5) is 0 Å². The SMILES string of the molecule is CC/C=C\C/C=C\C/C=C\C/C=C\C/C=C\C/C=C\C/C=C\C/C=C\C/C=C\C/C=C\C/C=C\CCCCCCCCCC(=O)OC(COC(=O)CCCCCCCCCCCCCCCCCCC/C=C\C/C=C\C/C=C\C/C=C\C/C=C\C/C=C\C/C=C\CC)COP(=O)(O)OCC[N+](C)(C)C. The molecule has 0 saturated heterocycles. The van der Waals surface area contributed by atoms with Crippen LogP contribution >= 0.6 is 7.82 Å². The highest BCUT2D eigenvalue weighted by Gasteiger charge is 2.27. The van der Waals surface area contributed by atoms with Crippen molar-refractivity contribution in [2.45, 2.75) is 315 Å². The molecule has 0 heterocycles. The van der Waals surface area contributed by atoms with Crippen LogP contribution in [0.25, 0.3) is 0 Å². The van der Waals surface area contributed by atoms with Crippen LogP contribution in [0.15, 0.2) is 219 Å². The summed E-state index contributed by atoms with van der Waals surface area (Å²) < 4.78 is 34.8. The van der Waals surface area contributed by atoms with Gasteiger partial charge in [-0.3, -0.25) is 18.6 Å². The van der Waals surface area contributed by atoms with Gasteiger partial charge in [-0.25, -0.2) is 4.57 Å². The lowest BCUT2D eigenvalue weighted by Crippen LogP contribution is -2.37. The normalized spacial score (nSPS) is 14.2. The van der Waals surface area contributed by atoms with Crippen LogP contribution < -0.4 is 0 Å². The summed E-state index contributed by atoms with van der Waals surface area (Å²) in [5.74, 6) is -0.816. The molecule has 0 radical (unpaired) electrons. The minimum absolute atomic E-state index is 0.0200. The van der Waals surface area contributed by atoms with Crippen molar-refractivity contribution in [2.24, 2.45) is 0 Å². The van der Waals surface area contributed by atoms with E-state index in [9.17, 15) is 19.0 Å². The van der Waals surface area contributed by atoms with E-state index in [-0.39, 0.29) is 32.0 Å². The summed E-state index contributed by atoms with van der Waals surface area (Å²) in [5, 5.41) is 0. The number of rotatable bonds is 74. The number of unbranched alkanes of at least 4 members (excludes halogenated alkanes) is 24. The van der Waals surface area contributed by atoms with E-state index in [1.165, 1.54) is 116 Å². The van der Waals surface area contributed by atoms with Crippen molar-refractivity contribution in [3.8, 4) is 0 Å². The molecule has 0 aliphatic rings. The van der Waals surface area contributed by atoms with Crippen molar-refractivity contribution < 1.29 is 42.1 Å². The number of hydrogen-bond donors (Lipinski definition) is 1. The number of carbonyl (C=O) groups excluding carboxylic acids is 2. The van der Waals surface area contributed by atoms with Crippen molar-refractivity contribution in [3.63, 3.8) is 0 Å². The zero-order valence-electron chi connectivity index (χ0n) is 66.9. The van der Waals surface area contributed by atoms with E-state index in [2.05, 4.69) is 233 Å². The van der Waals surface area contributed by atoms with Gasteiger partial charge >= 0.3 is 19.8 Å². The van der Waals surface area contributed by atoms with Crippen LogP contribution in [0, 0.1) is 0 Å². The van der Waals surface area contributed by atoms with Crippen LogP contribution in [0.5, 0.6) is 0 Å². The summed E-state index contributed by atoms with van der Waals surface area (Å²) >= 11 is 0. The molecule has 0 aromatic carbocycles. The van der Waals surface area contributed by atoms with Gasteiger partial charge in [0.25, 0.3) is 0 Å². The quantitative estimate of drug-likeness (QED) is 0.0211. The maximum absolute atomic E-state index is 12.9. The number of allylic oxidation sites excluding steroid dienone is 36. The lowest BCUT2D eigenvalue weighted by atomic mass is 10.0. The van der Waals surface area contributed by atoms with Gasteiger partial charge in [0.05, 0.1) is 27.7 Å². The van der Waals surface area contributed by atoms with Gasteiger partial charge in [0.15, 0.2) is 6.10 Å². The molecule has 2 unspecified atom stereocenters. The Balaban J connectivity index is 4.06. The molecule has 0 saturated carbocycles. The first kappa shape index (κ1) is 98.3. The molecule has 2 atom stereocenters. The highest BCUT2D eigenvalue weighted by atomic mass is 31.2. The summed E-state index contributed by atoms with van der Waals surface area (Å²) in [6, 6.07) is 0. The van der Waals surface area contributed by atoms with Crippen molar-refractivity contribution in [2.75, 3.05) is 47.5 Å². The molecule has 9 nitrogen and oxygen atoms in total. The standard InChI is InChI=1S/C94H152NO8P/c1-6-8-10-12-14-16-18-20-22-24-26-28-30-32-34-36-38-40-42-44-46-47-49-51-53-55-57-59-61-63-65-67-69-71-73-75-77-79-81-83-85-87-94(97)103-92(91-102-104(98,99)101-89-88-95(3,4)5)90-100-93(96)86-84-82-80-78-76-74-72-70-68-66-64-62-60-58-56-54-52-50-48-45-43-41-39-37-35-33-31-29-27-25-23-21-19-17-15-13-11-9-7-2/h8-11,14-17,20-23,26-29,32-35,38-41,44-46,48-49,51,55,57,61,63,67,69,92H,6-7,12-13,18-19,24-25,30-31,36-37,42-43,47,50,52-54,56,58-60,62,64-66,68,70-91H2,1-5H3/p+1/b10-8-,11-9-,16-14-,17-15-,22-20-,23-21-,28-26-,29-27-,34-32-,35-33-,40-38-,41-39-,46-44-,48-45-,51-49-,57-55-,63-61-,69-67-. The number of phosphoric acid groups is 1. The average Bonchev–Trinajstić information content (AvgIpc) is 0.920. The zero-order valence-corrected chi connectivity index (χ0v) is 67.8. The van der Waals surface area contributed by atoms with Crippen LogP contribution in [0.3, 0.4) is 0 Å². The van der Waals surface area contributed by atoms with E-state index >= 15 is 0 Å². The molecular weight excluding hydrogens is 1300 g/mol. The number of quaternary nitrogens is 1. The van der Waals surface area contributed by atoms with Gasteiger partial charge in [-0.15, -0.1) is 0 Å². The van der Waals surface area contributed by atoms with Crippen molar-refractivity contribution in [3.05, 3.63) is 219 Å². The number of phosphoric ester groups is 1. The molecule has 1 N–H and O–H groups in total. The number of carbonyl (C=O) groups is 2. The minimum Gasteiger partial charge on any atom is -0.462 e.